The number of hydrogen-bond acceptors (Lipinski definition) is 1. The van der Waals surface area contributed by atoms with Gasteiger partial charge in [-0.3, -0.25) is 0 Å². The highest BCUT2D eigenvalue weighted by molar-refractivity contribution is 5.79. The zero-order valence-electron chi connectivity index (χ0n) is 14.3. The number of carboxylic acid groups (broad SMARTS) is 1. The summed E-state index contributed by atoms with van der Waals surface area (Å²) in [6, 6.07) is 0. The molecule has 2 nitrogen and oxygen atoms in total. The molecule has 2 heteroatoms. The summed E-state index contributed by atoms with van der Waals surface area (Å²) in [6.07, 6.45) is 26.6. The van der Waals surface area contributed by atoms with Gasteiger partial charge in [-0.1, -0.05) is 56.6 Å². The van der Waals surface area contributed by atoms with Crippen LogP contribution in [0.3, 0.4) is 0 Å². The second-order valence-electron chi connectivity index (χ2n) is 5.75. The van der Waals surface area contributed by atoms with Gasteiger partial charge in [0.1, 0.15) is 0 Å². The second kappa shape index (κ2) is 17.7. The van der Waals surface area contributed by atoms with Crippen LogP contribution < -0.4 is 0 Å². The van der Waals surface area contributed by atoms with Crippen molar-refractivity contribution in [2.24, 2.45) is 0 Å². The fraction of sp³-hybridized carbons (Fsp3) is 0.650. The van der Waals surface area contributed by atoms with Gasteiger partial charge in [-0.25, -0.2) is 4.79 Å². The minimum absolute atomic E-state index is 0.848. The van der Waals surface area contributed by atoms with E-state index in [1.807, 2.05) is 0 Å². The van der Waals surface area contributed by atoms with Crippen molar-refractivity contribution in [3.8, 4) is 0 Å². The summed E-state index contributed by atoms with van der Waals surface area (Å²) < 4.78 is 0. The maximum atomic E-state index is 10.3. The molecule has 0 aliphatic rings. The third-order valence-electron chi connectivity index (χ3n) is 3.55. The fourth-order valence-corrected chi connectivity index (χ4v) is 2.22. The quantitative estimate of drug-likeness (QED) is 0.215. The zero-order valence-corrected chi connectivity index (χ0v) is 14.3. The molecular formula is C20H34O2. The maximum Gasteiger partial charge on any atom is 0.327 e. The van der Waals surface area contributed by atoms with E-state index in [0.29, 0.717) is 0 Å². The van der Waals surface area contributed by atoms with Crippen LogP contribution >= 0.6 is 0 Å². The van der Waals surface area contributed by atoms with E-state index >= 15 is 0 Å². The van der Waals surface area contributed by atoms with E-state index in [0.717, 1.165) is 19.3 Å². The Morgan fingerprint density at radius 2 is 1.14 bits per heavy atom. The highest BCUT2D eigenvalue weighted by Gasteiger charge is 1.88. The van der Waals surface area contributed by atoms with Crippen molar-refractivity contribution >= 4 is 5.97 Å². The van der Waals surface area contributed by atoms with Crippen LogP contribution in [-0.2, 0) is 4.79 Å². The Labute approximate surface area is 137 Å². The molecule has 0 atom stereocenters. The second-order valence-corrected chi connectivity index (χ2v) is 5.75. The molecule has 0 saturated carbocycles. The number of carboxylic acids is 1. The molecule has 0 rings (SSSR count). The van der Waals surface area contributed by atoms with E-state index in [2.05, 4.69) is 31.2 Å². The van der Waals surface area contributed by atoms with Crippen LogP contribution in [0.2, 0.25) is 0 Å². The van der Waals surface area contributed by atoms with E-state index in [9.17, 15) is 4.79 Å². The molecule has 0 heterocycles. The number of unbranched alkanes of at least 4 members (excludes halogenated alkanes) is 9. The summed E-state index contributed by atoms with van der Waals surface area (Å²) >= 11 is 0. The van der Waals surface area contributed by atoms with Crippen molar-refractivity contribution < 1.29 is 9.90 Å². The summed E-state index contributed by atoms with van der Waals surface area (Å²) in [5, 5.41) is 8.44. The lowest BCUT2D eigenvalue weighted by Crippen LogP contribution is -1.85. The Hall–Kier alpha value is -1.31. The number of rotatable bonds is 15. The van der Waals surface area contributed by atoms with Crippen molar-refractivity contribution in [1.29, 1.82) is 0 Å². The first kappa shape index (κ1) is 20.7. The molecule has 0 spiro atoms. The molecule has 0 unspecified atom stereocenters. The minimum Gasteiger partial charge on any atom is -0.478 e. The average molecular weight is 306 g/mol. The standard InChI is InChI=1S/C20H34O2/c1-2-3-4-5-6-7-8-9-10-11-12-13-14-15-16-17-18-19-20(21)22/h6-7,11-12,18-19H,2-5,8-10,13-17H2,1H3,(H,21,22)/b7-6+,12-11+,19-18+. The maximum absolute atomic E-state index is 10.3. The third kappa shape index (κ3) is 18.7. The number of aliphatic carboxylic acids is 1. The Morgan fingerprint density at radius 3 is 1.64 bits per heavy atom. The average Bonchev–Trinajstić information content (AvgIpc) is 2.50. The third-order valence-corrected chi connectivity index (χ3v) is 3.55. The first-order valence-corrected chi connectivity index (χ1v) is 8.96. The largest absolute Gasteiger partial charge is 0.478 e. The molecule has 0 radical (unpaired) electrons. The molecule has 126 valence electrons. The normalized spacial score (nSPS) is 12.0. The summed E-state index contributed by atoms with van der Waals surface area (Å²) in [7, 11) is 0. The van der Waals surface area contributed by atoms with Gasteiger partial charge in [0, 0.05) is 6.08 Å². The number of carbonyl (C=O) groups is 1. The predicted molar refractivity (Wildman–Crippen MR) is 96.1 cm³/mol. The van der Waals surface area contributed by atoms with Crippen molar-refractivity contribution in [2.45, 2.75) is 84.0 Å². The summed E-state index contributed by atoms with van der Waals surface area (Å²) in [6.45, 7) is 2.24. The molecule has 0 aliphatic heterocycles. The van der Waals surface area contributed by atoms with Gasteiger partial charge in [-0.2, -0.15) is 0 Å². The first-order valence-electron chi connectivity index (χ1n) is 8.96. The summed E-state index contributed by atoms with van der Waals surface area (Å²) in [5.41, 5.74) is 0. The summed E-state index contributed by atoms with van der Waals surface area (Å²) in [4.78, 5) is 10.3. The number of allylic oxidation sites excluding steroid dienone is 5. The van der Waals surface area contributed by atoms with Crippen molar-refractivity contribution in [1.82, 2.24) is 0 Å². The van der Waals surface area contributed by atoms with E-state index < -0.39 is 5.97 Å². The van der Waals surface area contributed by atoms with Gasteiger partial charge >= 0.3 is 5.97 Å². The van der Waals surface area contributed by atoms with Crippen LogP contribution in [0.15, 0.2) is 36.5 Å². The van der Waals surface area contributed by atoms with Gasteiger partial charge in [-0.05, 0) is 57.8 Å². The lowest BCUT2D eigenvalue weighted by Gasteiger charge is -1.95. The molecule has 0 fully saturated rings. The van der Waals surface area contributed by atoms with Crippen LogP contribution in [0.4, 0.5) is 0 Å². The van der Waals surface area contributed by atoms with Gasteiger partial charge in [-0.15, -0.1) is 0 Å². The lowest BCUT2D eigenvalue weighted by molar-refractivity contribution is -0.131. The van der Waals surface area contributed by atoms with Gasteiger partial charge in [0.2, 0.25) is 0 Å². The highest BCUT2D eigenvalue weighted by Crippen LogP contribution is 2.06. The lowest BCUT2D eigenvalue weighted by atomic mass is 10.1. The minimum atomic E-state index is -0.848. The van der Waals surface area contributed by atoms with Gasteiger partial charge in [0.25, 0.3) is 0 Å². The van der Waals surface area contributed by atoms with Gasteiger partial charge < -0.3 is 5.11 Å². The van der Waals surface area contributed by atoms with E-state index in [1.54, 1.807) is 6.08 Å². The number of hydrogen-bond donors (Lipinski definition) is 1. The van der Waals surface area contributed by atoms with Crippen molar-refractivity contribution in [2.75, 3.05) is 0 Å². The molecule has 0 saturated heterocycles. The highest BCUT2D eigenvalue weighted by atomic mass is 16.4. The van der Waals surface area contributed by atoms with Crippen LogP contribution in [0.25, 0.3) is 0 Å². The van der Waals surface area contributed by atoms with E-state index in [4.69, 9.17) is 5.11 Å². The Kier molecular flexibility index (Phi) is 16.7. The monoisotopic (exact) mass is 306 g/mol. The zero-order chi connectivity index (χ0) is 16.3. The molecule has 1 N–H and O–H groups in total. The fourth-order valence-electron chi connectivity index (χ4n) is 2.22. The molecule has 0 aromatic carbocycles. The van der Waals surface area contributed by atoms with Crippen LogP contribution in [-0.4, -0.2) is 11.1 Å². The predicted octanol–water partition coefficient (Wildman–Crippen LogP) is 6.44. The van der Waals surface area contributed by atoms with Crippen molar-refractivity contribution in [3.05, 3.63) is 36.5 Å². The van der Waals surface area contributed by atoms with Crippen LogP contribution in [0.5, 0.6) is 0 Å². The Morgan fingerprint density at radius 1 is 0.682 bits per heavy atom. The Bertz CT molecular complexity index is 327. The molecule has 0 aromatic heterocycles. The van der Waals surface area contributed by atoms with Gasteiger partial charge in [0.15, 0.2) is 0 Å². The molecule has 0 bridgehead atoms. The first-order chi connectivity index (χ1) is 10.8. The van der Waals surface area contributed by atoms with E-state index in [-0.39, 0.29) is 0 Å². The van der Waals surface area contributed by atoms with Gasteiger partial charge in [0.05, 0.1) is 0 Å². The Balaban J connectivity index is 3.22. The molecule has 22 heavy (non-hydrogen) atoms. The van der Waals surface area contributed by atoms with E-state index in [1.165, 1.54) is 63.9 Å². The van der Waals surface area contributed by atoms with Crippen LogP contribution in [0.1, 0.15) is 84.0 Å². The van der Waals surface area contributed by atoms with Crippen molar-refractivity contribution in [3.63, 3.8) is 0 Å². The smallest absolute Gasteiger partial charge is 0.327 e. The topological polar surface area (TPSA) is 37.3 Å². The summed E-state index contributed by atoms with van der Waals surface area (Å²) in [5.74, 6) is -0.848. The molecule has 0 aliphatic carbocycles. The molecule has 0 amide bonds. The molecular weight excluding hydrogens is 272 g/mol. The SMILES string of the molecule is CCCCC/C=C/CCC/C=C/CCCCC/C=C/C(=O)O. The van der Waals surface area contributed by atoms with Crippen LogP contribution in [0, 0.1) is 0 Å². The molecule has 0 aromatic rings.